The molecule has 218 valence electrons. The van der Waals surface area contributed by atoms with Crippen molar-refractivity contribution in [2.75, 3.05) is 21.3 Å². The molecular weight excluding hydrogens is 480 g/mol. The highest BCUT2D eigenvalue weighted by molar-refractivity contribution is 6.01. The number of ketones is 1. The fourth-order valence-corrected chi connectivity index (χ4v) is 5.06. The molecule has 0 radical (unpaired) electrons. The van der Waals surface area contributed by atoms with Crippen LogP contribution < -0.4 is 9.47 Å². The second-order valence-electron chi connectivity index (χ2n) is 10.5. The summed E-state index contributed by atoms with van der Waals surface area (Å²) in [4.78, 5) is 23.7. The molecule has 0 unspecified atom stereocenters. The first-order valence-electron chi connectivity index (χ1n) is 15.0. The number of phenols is 1. The Morgan fingerprint density at radius 1 is 0.632 bits per heavy atom. The minimum absolute atomic E-state index is 0.0339. The van der Waals surface area contributed by atoms with Gasteiger partial charge < -0.3 is 19.3 Å². The van der Waals surface area contributed by atoms with Crippen LogP contribution in [-0.4, -0.2) is 38.2 Å². The van der Waals surface area contributed by atoms with E-state index in [4.69, 9.17) is 9.47 Å². The summed E-state index contributed by atoms with van der Waals surface area (Å²) in [7, 11) is 4.44. The van der Waals surface area contributed by atoms with E-state index in [1.807, 2.05) is 6.92 Å². The molecule has 0 atom stereocenters. The molecule has 0 aromatic heterocycles. The van der Waals surface area contributed by atoms with Crippen molar-refractivity contribution in [2.45, 2.75) is 135 Å². The minimum atomic E-state index is -0.116. The zero-order valence-corrected chi connectivity index (χ0v) is 24.7. The minimum Gasteiger partial charge on any atom is -0.504 e. The molecule has 0 aliphatic carbocycles. The topological polar surface area (TPSA) is 82.1 Å². The first-order chi connectivity index (χ1) is 18.5. The summed E-state index contributed by atoms with van der Waals surface area (Å²) >= 11 is 0. The highest BCUT2D eigenvalue weighted by Gasteiger charge is 2.21. The molecule has 1 aromatic rings. The Bertz CT molecular complexity index is 789. The average Bonchev–Trinajstić information content (AvgIpc) is 2.91. The van der Waals surface area contributed by atoms with Crippen molar-refractivity contribution in [2.24, 2.45) is 0 Å². The highest BCUT2D eigenvalue weighted by Crippen LogP contribution is 2.41. The third-order valence-electron chi connectivity index (χ3n) is 7.38. The van der Waals surface area contributed by atoms with Gasteiger partial charge in [0.05, 0.1) is 26.9 Å². The number of methoxy groups -OCH3 is 3. The molecule has 38 heavy (non-hydrogen) atoms. The number of hydrogen-bond donors (Lipinski definition) is 1. The Labute approximate surface area is 231 Å². The van der Waals surface area contributed by atoms with Gasteiger partial charge in [0, 0.05) is 12.8 Å². The standard InChI is InChI=1S/C32H54O6/c1-26-25-28(36-2)32(38-4)31(35)30(26)27(33)23-21-19-17-15-13-11-9-7-5-6-8-10-12-14-16-18-20-22-24-29(34)37-3/h25,35H,5-24H2,1-4H3. The molecule has 0 spiro atoms. The molecule has 0 fully saturated rings. The van der Waals surface area contributed by atoms with E-state index in [0.717, 1.165) is 32.1 Å². The number of aromatic hydroxyl groups is 1. The van der Waals surface area contributed by atoms with Crippen LogP contribution in [0.15, 0.2) is 6.07 Å². The van der Waals surface area contributed by atoms with Gasteiger partial charge in [-0.15, -0.1) is 0 Å². The van der Waals surface area contributed by atoms with E-state index in [-0.39, 0.29) is 23.3 Å². The summed E-state index contributed by atoms with van der Waals surface area (Å²) in [5, 5.41) is 10.5. The molecule has 0 saturated carbocycles. The maximum atomic E-state index is 12.7. The number of hydrogen-bond acceptors (Lipinski definition) is 6. The lowest BCUT2D eigenvalue weighted by molar-refractivity contribution is -0.140. The summed E-state index contributed by atoms with van der Waals surface area (Å²) in [6, 6.07) is 1.74. The molecule has 0 saturated heterocycles. The number of Topliss-reactive ketones (excluding diaryl/α,β-unsaturated/α-hetero) is 1. The van der Waals surface area contributed by atoms with Crippen molar-refractivity contribution < 1.29 is 28.9 Å². The number of carbonyl (C=O) groups is 2. The van der Waals surface area contributed by atoms with Crippen molar-refractivity contribution in [1.29, 1.82) is 0 Å². The lowest BCUT2D eigenvalue weighted by Crippen LogP contribution is -2.05. The predicted octanol–water partition coefficient (Wildman–Crippen LogP) is 8.88. The van der Waals surface area contributed by atoms with Gasteiger partial charge in [-0.05, 0) is 31.4 Å². The quantitative estimate of drug-likeness (QED) is 0.0810. The normalized spacial score (nSPS) is 10.9. The van der Waals surface area contributed by atoms with Crippen molar-refractivity contribution >= 4 is 11.8 Å². The third kappa shape index (κ3) is 14.1. The molecule has 0 bridgehead atoms. The molecule has 6 nitrogen and oxygen atoms in total. The zero-order chi connectivity index (χ0) is 28.0. The van der Waals surface area contributed by atoms with Crippen molar-refractivity contribution in [3.63, 3.8) is 0 Å². The Kier molecular flexibility index (Phi) is 19.3. The fraction of sp³-hybridized carbons (Fsp3) is 0.750. The third-order valence-corrected chi connectivity index (χ3v) is 7.38. The van der Waals surface area contributed by atoms with E-state index >= 15 is 0 Å². The van der Waals surface area contributed by atoms with E-state index < -0.39 is 0 Å². The van der Waals surface area contributed by atoms with Crippen LogP contribution in [0.1, 0.15) is 144 Å². The zero-order valence-electron chi connectivity index (χ0n) is 24.7. The number of benzene rings is 1. The molecule has 1 rings (SSSR count). The smallest absolute Gasteiger partial charge is 0.305 e. The van der Waals surface area contributed by atoms with E-state index in [1.54, 1.807) is 6.07 Å². The van der Waals surface area contributed by atoms with Crippen LogP contribution in [-0.2, 0) is 9.53 Å². The first-order valence-corrected chi connectivity index (χ1v) is 15.0. The molecule has 0 aliphatic rings. The van der Waals surface area contributed by atoms with Crippen LogP contribution in [0.3, 0.4) is 0 Å². The summed E-state index contributed by atoms with van der Waals surface area (Å²) in [6.07, 6.45) is 23.3. The number of aryl methyl sites for hydroxylation is 1. The maximum Gasteiger partial charge on any atom is 0.305 e. The second-order valence-corrected chi connectivity index (χ2v) is 10.5. The van der Waals surface area contributed by atoms with Gasteiger partial charge in [0.1, 0.15) is 0 Å². The van der Waals surface area contributed by atoms with Gasteiger partial charge in [-0.3, -0.25) is 9.59 Å². The molecule has 0 aliphatic heterocycles. The largest absolute Gasteiger partial charge is 0.504 e. The summed E-state index contributed by atoms with van der Waals surface area (Å²) in [6.45, 7) is 1.82. The molecule has 1 N–H and O–H groups in total. The van der Waals surface area contributed by atoms with Crippen LogP contribution in [0.4, 0.5) is 0 Å². The van der Waals surface area contributed by atoms with E-state index in [0.29, 0.717) is 29.7 Å². The second kappa shape index (κ2) is 21.7. The van der Waals surface area contributed by atoms with Crippen LogP contribution in [0.5, 0.6) is 17.2 Å². The van der Waals surface area contributed by atoms with Crippen LogP contribution in [0, 0.1) is 6.92 Å². The van der Waals surface area contributed by atoms with Crippen molar-refractivity contribution in [3.05, 3.63) is 17.2 Å². The van der Waals surface area contributed by atoms with Gasteiger partial charge >= 0.3 is 5.97 Å². The number of rotatable bonds is 24. The Morgan fingerprint density at radius 3 is 1.39 bits per heavy atom. The summed E-state index contributed by atoms with van der Waals surface area (Å²) in [5.74, 6) is 0.421. The van der Waals surface area contributed by atoms with Gasteiger partial charge in [-0.25, -0.2) is 0 Å². The van der Waals surface area contributed by atoms with Crippen molar-refractivity contribution in [1.82, 2.24) is 0 Å². The van der Waals surface area contributed by atoms with Gasteiger partial charge in [0.25, 0.3) is 0 Å². The number of phenolic OH excluding ortho intramolecular Hbond substituents is 1. The molecule has 1 aromatic carbocycles. The first kappa shape index (κ1) is 33.8. The highest BCUT2D eigenvalue weighted by atomic mass is 16.5. The Morgan fingerprint density at radius 2 is 1.03 bits per heavy atom. The Balaban J connectivity index is 1.93. The summed E-state index contributed by atoms with van der Waals surface area (Å²) in [5.41, 5.74) is 1.07. The van der Waals surface area contributed by atoms with Crippen LogP contribution in [0.25, 0.3) is 0 Å². The number of ether oxygens (including phenoxy) is 3. The van der Waals surface area contributed by atoms with Crippen molar-refractivity contribution in [3.8, 4) is 17.2 Å². The van der Waals surface area contributed by atoms with Gasteiger partial charge in [0.15, 0.2) is 17.3 Å². The molecule has 6 heteroatoms. The van der Waals surface area contributed by atoms with Crippen LogP contribution >= 0.6 is 0 Å². The predicted molar refractivity (Wildman–Crippen MR) is 155 cm³/mol. The van der Waals surface area contributed by atoms with E-state index in [9.17, 15) is 14.7 Å². The number of esters is 1. The number of unbranched alkanes of at least 4 members (excludes halogenated alkanes) is 17. The number of carbonyl (C=O) groups excluding carboxylic acids is 2. The monoisotopic (exact) mass is 534 g/mol. The molecule has 0 heterocycles. The average molecular weight is 535 g/mol. The lowest BCUT2D eigenvalue weighted by Gasteiger charge is -2.15. The summed E-state index contributed by atoms with van der Waals surface area (Å²) < 4.78 is 15.1. The molecule has 0 amide bonds. The van der Waals surface area contributed by atoms with Crippen LogP contribution in [0.2, 0.25) is 0 Å². The lowest BCUT2D eigenvalue weighted by atomic mass is 9.97. The SMILES string of the molecule is COC(=O)CCCCCCCCCCCCCCCCCCCCC(=O)c1c(C)cc(OC)c(OC)c1O. The van der Waals surface area contributed by atoms with Gasteiger partial charge in [0.2, 0.25) is 5.75 Å². The van der Waals surface area contributed by atoms with E-state index in [1.165, 1.54) is 105 Å². The van der Waals surface area contributed by atoms with E-state index in [2.05, 4.69) is 4.74 Å². The maximum absolute atomic E-state index is 12.7. The fourth-order valence-electron chi connectivity index (χ4n) is 5.06. The molecular formula is C32H54O6. The van der Waals surface area contributed by atoms with Gasteiger partial charge in [-0.1, -0.05) is 103 Å². The Hall–Kier alpha value is -2.24. The van der Waals surface area contributed by atoms with Gasteiger partial charge in [-0.2, -0.15) is 0 Å².